The zero-order valence-electron chi connectivity index (χ0n) is 16.7. The van der Waals surface area contributed by atoms with Gasteiger partial charge in [-0.2, -0.15) is 5.10 Å². The van der Waals surface area contributed by atoms with Crippen molar-refractivity contribution < 1.29 is 14.0 Å². The van der Waals surface area contributed by atoms with E-state index in [4.69, 9.17) is 0 Å². The maximum Gasteiger partial charge on any atom is 0.276 e. The minimum Gasteiger partial charge on any atom is -0.339 e. The molecule has 1 saturated heterocycles. The van der Waals surface area contributed by atoms with Crippen molar-refractivity contribution in [3.05, 3.63) is 82.9 Å². The van der Waals surface area contributed by atoms with Crippen LogP contribution in [0.1, 0.15) is 50.9 Å². The van der Waals surface area contributed by atoms with E-state index in [0.717, 1.165) is 24.1 Å². The molecule has 6 nitrogen and oxygen atoms in total. The lowest BCUT2D eigenvalue weighted by atomic mass is 9.93. The van der Waals surface area contributed by atoms with Crippen LogP contribution in [0.2, 0.25) is 0 Å². The van der Waals surface area contributed by atoms with Crippen molar-refractivity contribution in [3.63, 3.8) is 0 Å². The molecule has 7 heteroatoms. The number of aromatic amines is 1. The van der Waals surface area contributed by atoms with Crippen LogP contribution in [0.5, 0.6) is 0 Å². The molecule has 0 atom stereocenters. The third-order valence-corrected chi connectivity index (χ3v) is 5.44. The quantitative estimate of drug-likeness (QED) is 0.684. The largest absolute Gasteiger partial charge is 0.339 e. The van der Waals surface area contributed by atoms with Gasteiger partial charge in [-0.15, -0.1) is 0 Å². The molecule has 0 radical (unpaired) electrons. The number of carbonyl (C=O) groups is 2. The molecule has 2 heterocycles. The first-order valence-electron chi connectivity index (χ1n) is 9.98. The molecule has 3 aromatic rings. The molecule has 4 rings (SSSR count). The fraction of sp³-hybridized carbons (Fsp3) is 0.261. The number of likely N-dealkylation sites (tertiary alicyclic amines) is 1. The van der Waals surface area contributed by atoms with Gasteiger partial charge < -0.3 is 10.2 Å². The molecule has 2 N–H and O–H groups in total. The Morgan fingerprint density at radius 1 is 1.10 bits per heavy atom. The SMILES string of the molecule is Cc1cccc(C(=O)N2CCC(c3cc(C(=O)Nc4ccccc4F)n[nH]3)CC2)c1. The Labute approximate surface area is 174 Å². The monoisotopic (exact) mass is 406 g/mol. The Hall–Kier alpha value is -3.48. The van der Waals surface area contributed by atoms with Crippen LogP contribution < -0.4 is 5.32 Å². The number of hydrogen-bond acceptors (Lipinski definition) is 3. The molecule has 1 aliphatic heterocycles. The molecule has 2 aromatic carbocycles. The summed E-state index contributed by atoms with van der Waals surface area (Å²) in [6, 6.07) is 15.3. The summed E-state index contributed by atoms with van der Waals surface area (Å²) in [4.78, 5) is 27.0. The number of benzene rings is 2. The molecule has 1 aliphatic rings. The van der Waals surface area contributed by atoms with Crippen LogP contribution in [0.25, 0.3) is 0 Å². The van der Waals surface area contributed by atoms with Gasteiger partial charge in [0, 0.05) is 30.3 Å². The summed E-state index contributed by atoms with van der Waals surface area (Å²) in [7, 11) is 0. The highest BCUT2D eigenvalue weighted by atomic mass is 19.1. The van der Waals surface area contributed by atoms with Gasteiger partial charge in [-0.1, -0.05) is 29.8 Å². The molecule has 0 spiro atoms. The van der Waals surface area contributed by atoms with Crippen molar-refractivity contribution >= 4 is 17.5 Å². The van der Waals surface area contributed by atoms with E-state index < -0.39 is 11.7 Å². The molecule has 2 amide bonds. The van der Waals surface area contributed by atoms with Gasteiger partial charge in [0.15, 0.2) is 5.69 Å². The molecule has 0 unspecified atom stereocenters. The summed E-state index contributed by atoms with van der Waals surface area (Å²) >= 11 is 0. The summed E-state index contributed by atoms with van der Waals surface area (Å²) in [5.41, 5.74) is 2.97. The first-order valence-corrected chi connectivity index (χ1v) is 9.98. The Balaban J connectivity index is 1.36. The van der Waals surface area contributed by atoms with Gasteiger partial charge in [-0.25, -0.2) is 4.39 Å². The standard InChI is InChI=1S/C23H23FN4O2/c1-15-5-4-6-17(13-15)23(30)28-11-9-16(10-12-28)20-14-21(27-26-20)22(29)25-19-8-3-2-7-18(19)24/h2-8,13-14,16H,9-12H2,1H3,(H,25,29)(H,26,27). The van der Waals surface area contributed by atoms with Crippen LogP contribution in [0, 0.1) is 12.7 Å². The number of nitrogens with one attached hydrogen (secondary N) is 2. The van der Waals surface area contributed by atoms with Gasteiger partial charge in [-0.05, 0) is 50.1 Å². The van der Waals surface area contributed by atoms with Crippen molar-refractivity contribution in [2.45, 2.75) is 25.7 Å². The van der Waals surface area contributed by atoms with Crippen LogP contribution in [-0.2, 0) is 0 Å². The molecular weight excluding hydrogens is 383 g/mol. The third-order valence-electron chi connectivity index (χ3n) is 5.44. The maximum atomic E-state index is 13.7. The van der Waals surface area contributed by atoms with E-state index in [9.17, 15) is 14.0 Å². The molecule has 1 aromatic heterocycles. The zero-order chi connectivity index (χ0) is 21.1. The van der Waals surface area contributed by atoms with E-state index in [2.05, 4.69) is 15.5 Å². The number of rotatable bonds is 4. The van der Waals surface area contributed by atoms with Crippen LogP contribution in [0.3, 0.4) is 0 Å². The van der Waals surface area contributed by atoms with Crippen molar-refractivity contribution in [2.24, 2.45) is 0 Å². The van der Waals surface area contributed by atoms with Crippen LogP contribution in [-0.4, -0.2) is 40.0 Å². The van der Waals surface area contributed by atoms with Crippen LogP contribution >= 0.6 is 0 Å². The number of anilines is 1. The molecule has 1 fully saturated rings. The number of amides is 2. The number of carbonyl (C=O) groups excluding carboxylic acids is 2. The average Bonchev–Trinajstić information content (AvgIpc) is 3.25. The van der Waals surface area contributed by atoms with Crippen molar-refractivity contribution in [2.75, 3.05) is 18.4 Å². The second-order valence-electron chi connectivity index (χ2n) is 7.58. The summed E-state index contributed by atoms with van der Waals surface area (Å²) in [6.07, 6.45) is 1.57. The van der Waals surface area contributed by atoms with Gasteiger partial charge in [0.05, 0.1) is 5.69 Å². The van der Waals surface area contributed by atoms with Crippen molar-refractivity contribution in [1.82, 2.24) is 15.1 Å². The van der Waals surface area contributed by atoms with Crippen LogP contribution in [0.15, 0.2) is 54.6 Å². The predicted octanol–water partition coefficient (Wildman–Crippen LogP) is 4.13. The highest BCUT2D eigenvalue weighted by Crippen LogP contribution is 2.28. The highest BCUT2D eigenvalue weighted by molar-refractivity contribution is 6.03. The molecule has 0 aliphatic carbocycles. The third kappa shape index (κ3) is 4.25. The van der Waals surface area contributed by atoms with Gasteiger partial charge >= 0.3 is 0 Å². The average molecular weight is 406 g/mol. The number of para-hydroxylation sites is 1. The number of aromatic nitrogens is 2. The fourth-order valence-electron chi connectivity index (χ4n) is 3.77. The molecule has 154 valence electrons. The van der Waals surface area contributed by atoms with Crippen molar-refractivity contribution in [1.29, 1.82) is 0 Å². The lowest BCUT2D eigenvalue weighted by molar-refractivity contribution is 0.0712. The van der Waals surface area contributed by atoms with Gasteiger partial charge in [0.2, 0.25) is 0 Å². The number of piperidine rings is 1. The Morgan fingerprint density at radius 2 is 1.87 bits per heavy atom. The van der Waals surface area contributed by atoms with Crippen molar-refractivity contribution in [3.8, 4) is 0 Å². The summed E-state index contributed by atoms with van der Waals surface area (Å²) in [6.45, 7) is 3.27. The second-order valence-corrected chi connectivity index (χ2v) is 7.58. The Bertz CT molecular complexity index is 1070. The Morgan fingerprint density at radius 3 is 2.60 bits per heavy atom. The number of nitrogens with zero attached hydrogens (tertiary/aromatic N) is 2. The minimum atomic E-state index is -0.493. The van der Waals surface area contributed by atoms with E-state index in [1.54, 1.807) is 18.2 Å². The van der Waals surface area contributed by atoms with Gasteiger partial charge in [-0.3, -0.25) is 14.7 Å². The summed E-state index contributed by atoms with van der Waals surface area (Å²) in [5.74, 6) is -0.720. The Kier molecular flexibility index (Phi) is 5.61. The first kappa shape index (κ1) is 19.8. The molecule has 0 bridgehead atoms. The minimum absolute atomic E-state index is 0.0479. The zero-order valence-corrected chi connectivity index (χ0v) is 16.7. The first-order chi connectivity index (χ1) is 14.5. The molecule has 0 saturated carbocycles. The highest BCUT2D eigenvalue weighted by Gasteiger charge is 2.26. The lowest BCUT2D eigenvalue weighted by Gasteiger charge is -2.31. The fourth-order valence-corrected chi connectivity index (χ4v) is 3.77. The summed E-state index contributed by atoms with van der Waals surface area (Å²) in [5, 5.41) is 9.56. The van der Waals surface area contributed by atoms with Gasteiger partial charge in [0.25, 0.3) is 11.8 Å². The van der Waals surface area contributed by atoms with Gasteiger partial charge in [0.1, 0.15) is 5.82 Å². The van der Waals surface area contributed by atoms with E-state index in [0.29, 0.717) is 18.7 Å². The topological polar surface area (TPSA) is 78.1 Å². The summed E-state index contributed by atoms with van der Waals surface area (Å²) < 4.78 is 13.7. The number of halogens is 1. The smallest absolute Gasteiger partial charge is 0.276 e. The van der Waals surface area contributed by atoms with E-state index >= 15 is 0 Å². The van der Waals surface area contributed by atoms with E-state index in [-0.39, 0.29) is 23.2 Å². The number of hydrogen-bond donors (Lipinski definition) is 2. The lowest BCUT2D eigenvalue weighted by Crippen LogP contribution is -2.38. The number of H-pyrrole nitrogens is 1. The normalized spacial score (nSPS) is 14.5. The van der Waals surface area contributed by atoms with E-state index in [1.807, 2.05) is 36.1 Å². The molecule has 30 heavy (non-hydrogen) atoms. The maximum absolute atomic E-state index is 13.7. The predicted molar refractivity (Wildman–Crippen MR) is 112 cm³/mol. The van der Waals surface area contributed by atoms with E-state index in [1.165, 1.54) is 12.1 Å². The molecular formula is C23H23FN4O2. The van der Waals surface area contributed by atoms with Crippen LogP contribution in [0.4, 0.5) is 10.1 Å². The second kappa shape index (κ2) is 8.49. The number of aryl methyl sites for hydroxylation is 1.